The summed E-state index contributed by atoms with van der Waals surface area (Å²) in [5.41, 5.74) is 1.24. The van der Waals surface area contributed by atoms with Crippen molar-refractivity contribution in [3.05, 3.63) is 77.4 Å². The molecular weight excluding hydrogens is 466 g/mol. The van der Waals surface area contributed by atoms with Crippen molar-refractivity contribution in [1.29, 1.82) is 0 Å². The van der Waals surface area contributed by atoms with Crippen molar-refractivity contribution >= 4 is 0 Å². The third-order valence-corrected chi connectivity index (χ3v) is 6.85. The van der Waals surface area contributed by atoms with Gasteiger partial charge >= 0.3 is 0 Å². The van der Waals surface area contributed by atoms with Gasteiger partial charge in [-0.05, 0) is 91.3 Å². The summed E-state index contributed by atoms with van der Waals surface area (Å²) in [5.74, 6) is -3.66. The molecule has 0 heterocycles. The Morgan fingerprint density at radius 1 is 0.686 bits per heavy atom. The Balaban J connectivity index is 1.52. The molecule has 3 aromatic carbocycles. The molecule has 0 unspecified atom stereocenters. The second-order valence-corrected chi connectivity index (χ2v) is 9.01. The third kappa shape index (κ3) is 5.65. The molecule has 0 aromatic heterocycles. The predicted octanol–water partition coefficient (Wildman–Crippen LogP) is 8.91. The lowest BCUT2D eigenvalue weighted by Crippen LogP contribution is -2.13. The summed E-state index contributed by atoms with van der Waals surface area (Å²) in [6.07, 6.45) is 5.36. The van der Waals surface area contributed by atoms with Gasteiger partial charge in [0.15, 0.2) is 17.4 Å². The first kappa shape index (κ1) is 25.1. The predicted molar refractivity (Wildman–Crippen MR) is 124 cm³/mol. The standard InChI is InChI=1S/C28H26F6O/c29-11-1-2-17-3-5-18(6-4-17)19-7-9-22(24(31)12-19)20-8-10-23(25(32)13-20)21-14-26(33)28(35-16-30)27(34)15-21/h7-10,12-15,17-18H,1-6,11,16H2. The summed E-state index contributed by atoms with van der Waals surface area (Å²) in [6, 6.07) is 10.6. The van der Waals surface area contributed by atoms with E-state index in [4.69, 9.17) is 0 Å². The molecule has 0 bridgehead atoms. The first-order chi connectivity index (χ1) is 16.9. The highest BCUT2D eigenvalue weighted by molar-refractivity contribution is 5.72. The van der Waals surface area contributed by atoms with E-state index in [2.05, 4.69) is 4.74 Å². The van der Waals surface area contributed by atoms with Crippen LogP contribution < -0.4 is 4.74 Å². The van der Waals surface area contributed by atoms with E-state index in [-0.39, 0.29) is 29.3 Å². The zero-order chi connectivity index (χ0) is 24.9. The second-order valence-electron chi connectivity index (χ2n) is 9.01. The van der Waals surface area contributed by atoms with Crippen LogP contribution in [0.15, 0.2) is 48.5 Å². The molecule has 0 aliphatic heterocycles. The van der Waals surface area contributed by atoms with Crippen molar-refractivity contribution in [3.63, 3.8) is 0 Å². The van der Waals surface area contributed by atoms with Gasteiger partial charge in [-0.2, -0.15) is 0 Å². The number of hydrogen-bond donors (Lipinski definition) is 0. The molecule has 186 valence electrons. The smallest absolute Gasteiger partial charge is 0.228 e. The van der Waals surface area contributed by atoms with E-state index in [1.807, 2.05) is 6.07 Å². The zero-order valence-electron chi connectivity index (χ0n) is 19.1. The minimum Gasteiger partial charge on any atom is -0.457 e. The maximum Gasteiger partial charge on any atom is 0.228 e. The SMILES string of the molecule is FCCCC1CCC(c2ccc(-c3ccc(-c4cc(F)c(OCF)c(F)c4)c(F)c3)c(F)c2)CC1. The van der Waals surface area contributed by atoms with Crippen LogP contribution in [0.2, 0.25) is 0 Å². The molecule has 1 fully saturated rings. The van der Waals surface area contributed by atoms with Gasteiger partial charge in [0.25, 0.3) is 0 Å². The van der Waals surface area contributed by atoms with Crippen molar-refractivity contribution in [1.82, 2.24) is 0 Å². The van der Waals surface area contributed by atoms with E-state index in [9.17, 15) is 22.0 Å². The maximum absolute atomic E-state index is 15.0. The molecular formula is C28H26F6O. The summed E-state index contributed by atoms with van der Waals surface area (Å²) < 4.78 is 87.0. The minimum absolute atomic E-state index is 0.0834. The highest BCUT2D eigenvalue weighted by Gasteiger charge is 2.23. The highest BCUT2D eigenvalue weighted by atomic mass is 19.2. The average Bonchev–Trinajstić information content (AvgIpc) is 2.85. The van der Waals surface area contributed by atoms with E-state index in [0.29, 0.717) is 17.9 Å². The molecule has 1 saturated carbocycles. The van der Waals surface area contributed by atoms with E-state index in [1.54, 1.807) is 6.07 Å². The van der Waals surface area contributed by atoms with Gasteiger partial charge in [-0.3, -0.25) is 4.39 Å². The van der Waals surface area contributed by atoms with Gasteiger partial charge < -0.3 is 4.74 Å². The van der Waals surface area contributed by atoms with Crippen LogP contribution in [0.25, 0.3) is 22.3 Å². The van der Waals surface area contributed by atoms with Crippen molar-refractivity contribution in [3.8, 4) is 28.0 Å². The van der Waals surface area contributed by atoms with Crippen molar-refractivity contribution in [2.24, 2.45) is 5.92 Å². The van der Waals surface area contributed by atoms with Gasteiger partial charge in [-0.1, -0.05) is 24.3 Å². The molecule has 1 aliphatic rings. The molecule has 3 aromatic rings. The number of rotatable bonds is 8. The molecule has 0 radical (unpaired) electrons. The number of ether oxygens (including phenoxy) is 1. The fraction of sp³-hybridized carbons (Fsp3) is 0.357. The van der Waals surface area contributed by atoms with E-state index in [0.717, 1.165) is 55.9 Å². The topological polar surface area (TPSA) is 9.23 Å². The molecule has 0 amide bonds. The van der Waals surface area contributed by atoms with Crippen LogP contribution in [0.3, 0.4) is 0 Å². The first-order valence-electron chi connectivity index (χ1n) is 11.7. The van der Waals surface area contributed by atoms with Gasteiger partial charge in [0.05, 0.1) is 6.67 Å². The van der Waals surface area contributed by atoms with Gasteiger partial charge in [-0.25, -0.2) is 22.0 Å². The highest BCUT2D eigenvalue weighted by Crippen LogP contribution is 2.39. The molecule has 4 rings (SSSR count). The lowest BCUT2D eigenvalue weighted by molar-refractivity contribution is 0.176. The molecule has 35 heavy (non-hydrogen) atoms. The number of halogens is 6. The summed E-state index contributed by atoms with van der Waals surface area (Å²) >= 11 is 0. The second kappa shape index (κ2) is 11.2. The third-order valence-electron chi connectivity index (χ3n) is 6.85. The number of hydrogen-bond acceptors (Lipinski definition) is 1. The van der Waals surface area contributed by atoms with Crippen LogP contribution in [-0.4, -0.2) is 13.5 Å². The van der Waals surface area contributed by atoms with Crippen molar-refractivity contribution < 1.29 is 31.1 Å². The lowest BCUT2D eigenvalue weighted by atomic mass is 9.77. The Kier molecular flexibility index (Phi) is 8.04. The Hall–Kier alpha value is -2.96. The summed E-state index contributed by atoms with van der Waals surface area (Å²) in [5, 5.41) is 0. The normalized spacial score (nSPS) is 18.0. The van der Waals surface area contributed by atoms with Crippen LogP contribution in [0.5, 0.6) is 5.75 Å². The Morgan fingerprint density at radius 3 is 1.89 bits per heavy atom. The van der Waals surface area contributed by atoms with Crippen molar-refractivity contribution in [2.75, 3.05) is 13.5 Å². The number of alkyl halides is 2. The lowest BCUT2D eigenvalue weighted by Gasteiger charge is -2.28. The van der Waals surface area contributed by atoms with Crippen LogP contribution in [0.4, 0.5) is 26.3 Å². The fourth-order valence-electron chi connectivity index (χ4n) is 4.99. The molecule has 0 spiro atoms. The molecule has 1 aliphatic carbocycles. The summed E-state index contributed by atoms with van der Waals surface area (Å²) in [4.78, 5) is 0. The quantitative estimate of drug-likeness (QED) is 0.285. The largest absolute Gasteiger partial charge is 0.457 e. The molecule has 0 N–H and O–H groups in total. The van der Waals surface area contributed by atoms with E-state index >= 15 is 4.39 Å². The maximum atomic E-state index is 15.0. The van der Waals surface area contributed by atoms with Crippen LogP contribution in [-0.2, 0) is 0 Å². The molecule has 0 atom stereocenters. The molecule has 0 saturated heterocycles. The van der Waals surface area contributed by atoms with Gasteiger partial charge in [-0.15, -0.1) is 0 Å². The molecule has 7 heteroatoms. The number of benzene rings is 3. The van der Waals surface area contributed by atoms with E-state index < -0.39 is 35.9 Å². The van der Waals surface area contributed by atoms with E-state index in [1.165, 1.54) is 18.2 Å². The Labute approximate surface area is 200 Å². The summed E-state index contributed by atoms with van der Waals surface area (Å²) in [7, 11) is 0. The zero-order valence-corrected chi connectivity index (χ0v) is 19.1. The van der Waals surface area contributed by atoms with Crippen LogP contribution in [0.1, 0.15) is 50.0 Å². The van der Waals surface area contributed by atoms with Crippen molar-refractivity contribution in [2.45, 2.75) is 44.4 Å². The van der Waals surface area contributed by atoms with Gasteiger partial charge in [0, 0.05) is 11.1 Å². The minimum atomic E-state index is -1.40. The molecule has 1 nitrogen and oxygen atoms in total. The Morgan fingerprint density at radius 2 is 1.29 bits per heavy atom. The fourth-order valence-corrected chi connectivity index (χ4v) is 4.99. The monoisotopic (exact) mass is 492 g/mol. The van der Waals surface area contributed by atoms with Crippen LogP contribution >= 0.6 is 0 Å². The average molecular weight is 493 g/mol. The first-order valence-corrected chi connectivity index (χ1v) is 11.7. The summed E-state index contributed by atoms with van der Waals surface area (Å²) in [6.45, 7) is -1.69. The van der Waals surface area contributed by atoms with Crippen LogP contribution in [0, 0.1) is 29.2 Å². The van der Waals surface area contributed by atoms with Gasteiger partial charge in [0.1, 0.15) is 11.6 Å². The Bertz CT molecular complexity index is 1150. The van der Waals surface area contributed by atoms with Gasteiger partial charge in [0.2, 0.25) is 6.86 Å².